The van der Waals surface area contributed by atoms with Crippen molar-refractivity contribution < 1.29 is 24.1 Å². The minimum absolute atomic E-state index is 0.0377. The van der Waals surface area contributed by atoms with Crippen molar-refractivity contribution in [1.29, 1.82) is 5.41 Å². The van der Waals surface area contributed by atoms with Crippen molar-refractivity contribution in [1.82, 2.24) is 10.3 Å². The van der Waals surface area contributed by atoms with Crippen LogP contribution in [-0.4, -0.2) is 39.3 Å². The van der Waals surface area contributed by atoms with Gasteiger partial charge < -0.3 is 26.0 Å². The van der Waals surface area contributed by atoms with E-state index in [-0.39, 0.29) is 35.3 Å². The average Bonchev–Trinajstić information content (AvgIpc) is 2.65. The molecule has 1 heterocycles. The van der Waals surface area contributed by atoms with Gasteiger partial charge in [0.15, 0.2) is 0 Å². The second-order valence-corrected chi connectivity index (χ2v) is 7.08. The lowest BCUT2D eigenvalue weighted by Crippen LogP contribution is -2.44. The van der Waals surface area contributed by atoms with Crippen molar-refractivity contribution in [2.75, 3.05) is 17.7 Å². The van der Waals surface area contributed by atoms with Crippen molar-refractivity contribution in [3.63, 3.8) is 0 Å². The van der Waals surface area contributed by atoms with Crippen LogP contribution in [0, 0.1) is 11.2 Å². The number of anilines is 2. The molecule has 1 atom stereocenters. The van der Waals surface area contributed by atoms with Crippen molar-refractivity contribution in [2.45, 2.75) is 39.0 Å². The Morgan fingerprint density at radius 3 is 2.53 bits per heavy atom. The molecule has 0 aliphatic rings. The van der Waals surface area contributed by atoms with E-state index in [2.05, 4.69) is 15.6 Å². The van der Waals surface area contributed by atoms with Crippen molar-refractivity contribution in [2.24, 2.45) is 0 Å². The van der Waals surface area contributed by atoms with Gasteiger partial charge in [0.1, 0.15) is 11.6 Å². The maximum atomic E-state index is 13.2. The molecule has 10 heteroatoms. The third-order valence-corrected chi connectivity index (χ3v) is 4.22. The van der Waals surface area contributed by atoms with E-state index in [1.807, 2.05) is 0 Å². The highest BCUT2D eigenvalue weighted by Gasteiger charge is 2.30. The third kappa shape index (κ3) is 5.65. The smallest absolute Gasteiger partial charge is 0.320 e. The molecule has 0 fully saturated rings. The zero-order chi connectivity index (χ0) is 22.5. The molecule has 0 spiro atoms. The molecule has 0 bridgehead atoms. The minimum Gasteiger partial charge on any atom is -0.478 e. The summed E-state index contributed by atoms with van der Waals surface area (Å²) in [6.07, 6.45) is 0. The van der Waals surface area contributed by atoms with Crippen LogP contribution < -0.4 is 16.4 Å². The number of nitrogens with two attached hydrogens (primary N) is 1. The van der Waals surface area contributed by atoms with Crippen LogP contribution >= 0.6 is 0 Å². The SMILES string of the molecule is CCOC(=N)c1c(N)cc(NC(=O)N[C@@H](c2ccc(F)cc2)C(C)(C)O)nc1CO. The first-order valence-corrected chi connectivity index (χ1v) is 9.24. The Labute approximate surface area is 173 Å². The highest BCUT2D eigenvalue weighted by atomic mass is 19.1. The highest BCUT2D eigenvalue weighted by Crippen LogP contribution is 2.26. The van der Waals surface area contributed by atoms with Gasteiger partial charge in [-0.05, 0) is 38.5 Å². The number of ether oxygens (including phenoxy) is 1. The van der Waals surface area contributed by atoms with Gasteiger partial charge in [0.25, 0.3) is 0 Å². The topological polar surface area (TPSA) is 154 Å². The molecule has 0 saturated carbocycles. The minimum atomic E-state index is -1.35. The second kappa shape index (κ2) is 9.51. The highest BCUT2D eigenvalue weighted by molar-refractivity contribution is 5.99. The lowest BCUT2D eigenvalue weighted by Gasteiger charge is -2.30. The van der Waals surface area contributed by atoms with Gasteiger partial charge in [-0.1, -0.05) is 12.1 Å². The lowest BCUT2D eigenvalue weighted by atomic mass is 9.92. The number of carbonyl (C=O) groups excluding carboxylic acids is 1. The van der Waals surface area contributed by atoms with Crippen LogP contribution in [0.15, 0.2) is 30.3 Å². The van der Waals surface area contributed by atoms with E-state index in [0.717, 1.165) is 0 Å². The van der Waals surface area contributed by atoms with E-state index in [1.54, 1.807) is 6.92 Å². The average molecular weight is 419 g/mol. The fourth-order valence-corrected chi connectivity index (χ4v) is 2.88. The second-order valence-electron chi connectivity index (χ2n) is 7.08. The molecule has 0 unspecified atom stereocenters. The predicted octanol–water partition coefficient (Wildman–Crippen LogP) is 2.29. The van der Waals surface area contributed by atoms with Crippen LogP contribution in [0.25, 0.3) is 0 Å². The number of nitrogen functional groups attached to an aromatic ring is 1. The summed E-state index contributed by atoms with van der Waals surface area (Å²) >= 11 is 0. The molecule has 0 aliphatic carbocycles. The number of aromatic nitrogens is 1. The number of hydrogen-bond donors (Lipinski definition) is 6. The number of aliphatic hydroxyl groups is 2. The van der Waals surface area contributed by atoms with Gasteiger partial charge in [-0.15, -0.1) is 0 Å². The van der Waals surface area contributed by atoms with E-state index in [1.165, 1.54) is 44.2 Å². The van der Waals surface area contributed by atoms with Gasteiger partial charge in [-0.2, -0.15) is 0 Å². The number of urea groups is 1. The molecule has 2 amide bonds. The van der Waals surface area contributed by atoms with Crippen LogP contribution in [0.3, 0.4) is 0 Å². The summed E-state index contributed by atoms with van der Waals surface area (Å²) in [7, 11) is 0. The van der Waals surface area contributed by atoms with Gasteiger partial charge in [0.2, 0.25) is 5.90 Å². The molecule has 0 saturated heterocycles. The first kappa shape index (κ1) is 23.0. The van der Waals surface area contributed by atoms with Crippen LogP contribution in [-0.2, 0) is 11.3 Å². The quantitative estimate of drug-likeness (QED) is 0.299. The lowest BCUT2D eigenvalue weighted by molar-refractivity contribution is 0.0415. The summed E-state index contributed by atoms with van der Waals surface area (Å²) in [4.78, 5) is 16.6. The molecule has 2 rings (SSSR count). The molecule has 162 valence electrons. The molecule has 1 aromatic carbocycles. The summed E-state index contributed by atoms with van der Waals surface area (Å²) in [5.41, 5.74) is 5.42. The van der Waals surface area contributed by atoms with Gasteiger partial charge in [0, 0.05) is 11.8 Å². The summed E-state index contributed by atoms with van der Waals surface area (Å²) in [6.45, 7) is 4.45. The standard InChI is InChI=1S/C20H26FN5O4/c1-4-30-18(23)16-13(22)9-15(24-14(16)10-27)25-19(28)26-17(20(2,3)29)11-5-7-12(21)8-6-11/h5-9,17,23,27,29H,4,10H2,1-3H3,(H4,22,24,25,26,28)/t17-/m0/s1. The molecule has 2 aromatic rings. The van der Waals surface area contributed by atoms with E-state index in [0.29, 0.717) is 5.56 Å². The molecule has 30 heavy (non-hydrogen) atoms. The molecular formula is C20H26FN5O4. The molecule has 9 nitrogen and oxygen atoms in total. The number of hydrogen-bond acceptors (Lipinski definition) is 7. The van der Waals surface area contributed by atoms with E-state index in [9.17, 15) is 19.4 Å². The van der Waals surface area contributed by atoms with Crippen molar-refractivity contribution >= 4 is 23.4 Å². The molecule has 0 radical (unpaired) electrons. The van der Waals surface area contributed by atoms with Crippen molar-refractivity contribution in [3.8, 4) is 0 Å². The normalized spacial score (nSPS) is 12.2. The fourth-order valence-electron chi connectivity index (χ4n) is 2.88. The van der Waals surface area contributed by atoms with Crippen LogP contribution in [0.5, 0.6) is 0 Å². The summed E-state index contributed by atoms with van der Waals surface area (Å²) in [5, 5.41) is 33.0. The molecule has 0 aliphatic heterocycles. The Bertz CT molecular complexity index is 913. The number of benzene rings is 1. The molecule has 1 aromatic heterocycles. The van der Waals surface area contributed by atoms with E-state index in [4.69, 9.17) is 15.9 Å². The Hall–Kier alpha value is -3.24. The van der Waals surface area contributed by atoms with Crippen molar-refractivity contribution in [3.05, 3.63) is 53.0 Å². The number of nitrogens with zero attached hydrogens (tertiary/aromatic N) is 1. The zero-order valence-electron chi connectivity index (χ0n) is 17.0. The summed E-state index contributed by atoms with van der Waals surface area (Å²) in [6, 6.07) is 5.18. The number of pyridine rings is 1. The molecular weight excluding hydrogens is 393 g/mol. The predicted molar refractivity (Wildman–Crippen MR) is 111 cm³/mol. The summed E-state index contributed by atoms with van der Waals surface area (Å²) in [5.74, 6) is -0.636. The van der Waals surface area contributed by atoms with Crippen LogP contribution in [0.2, 0.25) is 0 Å². The summed E-state index contributed by atoms with van der Waals surface area (Å²) < 4.78 is 18.3. The number of amides is 2. The third-order valence-electron chi connectivity index (χ3n) is 4.22. The van der Waals surface area contributed by atoms with E-state index < -0.39 is 30.1 Å². The largest absolute Gasteiger partial charge is 0.478 e. The maximum Gasteiger partial charge on any atom is 0.320 e. The fraction of sp³-hybridized carbons (Fsp3) is 0.350. The van der Waals surface area contributed by atoms with Crippen LogP contribution in [0.4, 0.5) is 20.7 Å². The van der Waals surface area contributed by atoms with E-state index >= 15 is 0 Å². The Morgan fingerprint density at radius 2 is 2.00 bits per heavy atom. The number of aliphatic hydroxyl groups excluding tert-OH is 1. The van der Waals surface area contributed by atoms with Gasteiger partial charge >= 0.3 is 6.03 Å². The number of rotatable bonds is 7. The Kier molecular flexibility index (Phi) is 7.30. The Balaban J connectivity index is 2.24. The maximum absolute atomic E-state index is 13.2. The number of carbonyl (C=O) groups is 1. The first-order chi connectivity index (χ1) is 14.1. The first-order valence-electron chi connectivity index (χ1n) is 9.24. The van der Waals surface area contributed by atoms with Gasteiger partial charge in [-0.3, -0.25) is 10.7 Å². The monoisotopic (exact) mass is 419 g/mol. The molecule has 7 N–H and O–H groups in total. The Morgan fingerprint density at radius 1 is 1.37 bits per heavy atom. The van der Waals surface area contributed by atoms with Gasteiger partial charge in [-0.25, -0.2) is 14.2 Å². The zero-order valence-corrected chi connectivity index (χ0v) is 17.0. The van der Waals surface area contributed by atoms with Gasteiger partial charge in [0.05, 0.1) is 36.1 Å². The number of halogens is 1. The van der Waals surface area contributed by atoms with Crippen LogP contribution in [0.1, 0.15) is 43.6 Å². The number of nitrogens with one attached hydrogen (secondary N) is 3.